The number of carbonyl (C=O) groups excluding carboxylic acids is 1. The van der Waals surface area contributed by atoms with E-state index in [9.17, 15) is 13.2 Å². The van der Waals surface area contributed by atoms with Crippen LogP contribution in [0.2, 0.25) is 0 Å². The largest absolute Gasteiger partial charge is 0.465 e. The number of hydrogen-bond acceptors (Lipinski definition) is 4. The van der Waals surface area contributed by atoms with E-state index in [0.717, 1.165) is 5.56 Å². The molecule has 0 amide bonds. The molecule has 122 valence electrons. The zero-order valence-electron chi connectivity index (χ0n) is 13.5. The lowest BCUT2D eigenvalue weighted by Crippen LogP contribution is -2.50. The minimum Gasteiger partial charge on any atom is -0.465 e. The molecule has 1 aliphatic heterocycles. The fourth-order valence-corrected chi connectivity index (χ4v) is 4.88. The second-order valence-corrected chi connectivity index (χ2v) is 8.05. The van der Waals surface area contributed by atoms with Crippen molar-refractivity contribution in [3.63, 3.8) is 0 Å². The second kappa shape index (κ2) is 6.01. The quantitative estimate of drug-likeness (QED) is 0.798. The second-order valence-electron chi connectivity index (χ2n) is 6.23. The maximum atomic E-state index is 13.0. The van der Waals surface area contributed by atoms with Crippen LogP contribution in [0.4, 0.5) is 0 Å². The molecule has 1 fully saturated rings. The number of aryl methyl sites for hydroxylation is 1. The van der Waals surface area contributed by atoms with Crippen LogP contribution in [0.15, 0.2) is 29.2 Å². The third-order valence-corrected chi connectivity index (χ3v) is 6.18. The van der Waals surface area contributed by atoms with Crippen LogP contribution in [0.5, 0.6) is 0 Å². The third kappa shape index (κ3) is 3.03. The molecule has 22 heavy (non-hydrogen) atoms. The Balaban J connectivity index is 2.44. The van der Waals surface area contributed by atoms with Crippen molar-refractivity contribution in [3.05, 3.63) is 29.8 Å². The Morgan fingerprint density at radius 3 is 2.45 bits per heavy atom. The fourth-order valence-electron chi connectivity index (χ4n) is 2.91. The molecule has 6 heteroatoms. The molecule has 1 unspecified atom stereocenters. The van der Waals surface area contributed by atoms with E-state index in [1.54, 1.807) is 31.2 Å². The van der Waals surface area contributed by atoms with Crippen molar-refractivity contribution < 1.29 is 17.9 Å². The molecule has 1 atom stereocenters. The van der Waals surface area contributed by atoms with Crippen LogP contribution in [-0.4, -0.2) is 36.9 Å². The van der Waals surface area contributed by atoms with E-state index in [-0.39, 0.29) is 11.5 Å². The highest BCUT2D eigenvalue weighted by atomic mass is 32.2. The van der Waals surface area contributed by atoms with Crippen LogP contribution in [0.25, 0.3) is 0 Å². The minimum absolute atomic E-state index is 0.211. The maximum Gasteiger partial charge on any atom is 0.324 e. The molecule has 1 aliphatic rings. The molecule has 5 nitrogen and oxygen atoms in total. The Kier molecular flexibility index (Phi) is 4.63. The monoisotopic (exact) mass is 325 g/mol. The topological polar surface area (TPSA) is 63.7 Å². The van der Waals surface area contributed by atoms with Gasteiger partial charge < -0.3 is 4.74 Å². The lowest BCUT2D eigenvalue weighted by atomic mass is 10.0. The van der Waals surface area contributed by atoms with Crippen molar-refractivity contribution in [2.75, 3.05) is 6.61 Å². The van der Waals surface area contributed by atoms with E-state index in [2.05, 4.69) is 0 Å². The molecule has 0 spiro atoms. The van der Waals surface area contributed by atoms with Gasteiger partial charge in [-0.05, 0) is 52.7 Å². The zero-order valence-corrected chi connectivity index (χ0v) is 14.3. The Bertz CT molecular complexity index is 649. The van der Waals surface area contributed by atoms with Crippen LogP contribution in [0.1, 0.15) is 39.2 Å². The molecule has 1 aromatic carbocycles. The molecule has 0 N–H and O–H groups in total. The van der Waals surface area contributed by atoms with E-state index in [1.807, 2.05) is 20.8 Å². The van der Waals surface area contributed by atoms with Crippen LogP contribution in [0.3, 0.4) is 0 Å². The average molecular weight is 325 g/mol. The number of benzene rings is 1. The summed E-state index contributed by atoms with van der Waals surface area (Å²) in [7, 11) is -3.74. The summed E-state index contributed by atoms with van der Waals surface area (Å²) < 4.78 is 32.4. The molecular weight excluding hydrogens is 302 g/mol. The van der Waals surface area contributed by atoms with Gasteiger partial charge in [-0.2, -0.15) is 4.31 Å². The predicted octanol–water partition coefficient (Wildman–Crippen LogP) is 2.49. The zero-order chi connectivity index (χ0) is 16.5. The van der Waals surface area contributed by atoms with Gasteiger partial charge in [-0.1, -0.05) is 17.7 Å². The number of esters is 1. The molecule has 1 saturated heterocycles. The third-order valence-electron chi connectivity index (χ3n) is 4.05. The van der Waals surface area contributed by atoms with Gasteiger partial charge in [0, 0.05) is 5.54 Å². The summed E-state index contributed by atoms with van der Waals surface area (Å²) in [5.74, 6) is -0.469. The van der Waals surface area contributed by atoms with Crippen LogP contribution in [-0.2, 0) is 19.6 Å². The van der Waals surface area contributed by atoms with E-state index in [1.165, 1.54) is 4.31 Å². The summed E-state index contributed by atoms with van der Waals surface area (Å²) in [6, 6.07) is 5.94. The van der Waals surface area contributed by atoms with Crippen LogP contribution in [0, 0.1) is 6.92 Å². The van der Waals surface area contributed by atoms with Crippen molar-refractivity contribution in [3.8, 4) is 0 Å². The van der Waals surface area contributed by atoms with Crippen molar-refractivity contribution in [2.45, 2.75) is 57.0 Å². The molecule has 0 aromatic heterocycles. The summed E-state index contributed by atoms with van der Waals surface area (Å²) in [5, 5.41) is 0. The van der Waals surface area contributed by atoms with Crippen molar-refractivity contribution >= 4 is 16.0 Å². The Labute approximate surface area is 132 Å². The number of ether oxygens (including phenoxy) is 1. The summed E-state index contributed by atoms with van der Waals surface area (Å²) in [6.07, 6.45) is 1.11. The van der Waals surface area contributed by atoms with E-state index >= 15 is 0 Å². The molecule has 0 radical (unpaired) electrons. The molecule has 0 aliphatic carbocycles. The lowest BCUT2D eigenvalue weighted by molar-refractivity contribution is -0.147. The summed E-state index contributed by atoms with van der Waals surface area (Å²) in [5.41, 5.74) is 0.378. The number of rotatable bonds is 4. The first kappa shape index (κ1) is 17.0. The maximum absolute atomic E-state index is 13.0. The predicted molar refractivity (Wildman–Crippen MR) is 83.9 cm³/mol. The van der Waals surface area contributed by atoms with Crippen molar-refractivity contribution in [1.29, 1.82) is 0 Å². The van der Waals surface area contributed by atoms with Gasteiger partial charge >= 0.3 is 5.97 Å². The smallest absolute Gasteiger partial charge is 0.324 e. The summed E-state index contributed by atoms with van der Waals surface area (Å²) in [4.78, 5) is 12.4. The van der Waals surface area contributed by atoms with Gasteiger partial charge in [-0.3, -0.25) is 4.79 Å². The van der Waals surface area contributed by atoms with Gasteiger partial charge in [-0.25, -0.2) is 8.42 Å². The average Bonchev–Trinajstić information content (AvgIpc) is 2.76. The molecule has 0 bridgehead atoms. The first-order valence-corrected chi connectivity index (χ1v) is 8.92. The van der Waals surface area contributed by atoms with Crippen molar-refractivity contribution in [1.82, 2.24) is 4.31 Å². The highest BCUT2D eigenvalue weighted by molar-refractivity contribution is 7.89. The van der Waals surface area contributed by atoms with E-state index in [0.29, 0.717) is 12.8 Å². The van der Waals surface area contributed by atoms with Gasteiger partial charge in [0.1, 0.15) is 6.04 Å². The fraction of sp³-hybridized carbons (Fsp3) is 0.562. The molecule has 1 heterocycles. The van der Waals surface area contributed by atoms with E-state index in [4.69, 9.17) is 4.74 Å². The summed E-state index contributed by atoms with van der Waals surface area (Å²) in [6.45, 7) is 7.55. The van der Waals surface area contributed by atoms with Crippen LogP contribution < -0.4 is 0 Å². The Morgan fingerprint density at radius 2 is 1.91 bits per heavy atom. The SMILES string of the molecule is CCOC(=O)C1CCC(C)(C)N1S(=O)(=O)c1ccc(C)cc1. The van der Waals surface area contributed by atoms with Gasteiger partial charge in [0.25, 0.3) is 0 Å². The highest BCUT2D eigenvalue weighted by Gasteiger charge is 2.50. The number of hydrogen-bond donors (Lipinski definition) is 0. The van der Waals surface area contributed by atoms with E-state index < -0.39 is 27.6 Å². The number of sulfonamides is 1. The highest BCUT2D eigenvalue weighted by Crippen LogP contribution is 2.38. The number of nitrogens with zero attached hydrogens (tertiary/aromatic N) is 1. The van der Waals surface area contributed by atoms with Gasteiger partial charge in [0.2, 0.25) is 10.0 Å². The van der Waals surface area contributed by atoms with Crippen LogP contribution >= 0.6 is 0 Å². The normalized spacial score (nSPS) is 21.7. The standard InChI is InChI=1S/C16H23NO4S/c1-5-21-15(18)14-10-11-16(3,4)17(14)22(19,20)13-8-6-12(2)7-9-13/h6-9,14H,5,10-11H2,1-4H3. The van der Waals surface area contributed by atoms with Gasteiger partial charge in [-0.15, -0.1) is 0 Å². The Morgan fingerprint density at radius 1 is 1.32 bits per heavy atom. The van der Waals surface area contributed by atoms with Gasteiger partial charge in [0.05, 0.1) is 11.5 Å². The number of carbonyl (C=O) groups is 1. The molecule has 0 saturated carbocycles. The summed E-state index contributed by atoms with van der Waals surface area (Å²) >= 11 is 0. The van der Waals surface area contributed by atoms with Crippen molar-refractivity contribution in [2.24, 2.45) is 0 Å². The molecule has 1 aromatic rings. The Hall–Kier alpha value is -1.40. The first-order valence-electron chi connectivity index (χ1n) is 7.48. The minimum atomic E-state index is -3.74. The molecular formula is C16H23NO4S. The first-order chi connectivity index (χ1) is 10.2. The molecule has 2 rings (SSSR count). The van der Waals surface area contributed by atoms with Gasteiger partial charge in [0.15, 0.2) is 0 Å². The lowest BCUT2D eigenvalue weighted by Gasteiger charge is -2.33.